The second-order valence-electron chi connectivity index (χ2n) is 6.00. The van der Waals surface area contributed by atoms with Crippen LogP contribution in [-0.2, 0) is 0 Å². The lowest BCUT2D eigenvalue weighted by Gasteiger charge is -2.36. The van der Waals surface area contributed by atoms with Gasteiger partial charge in [-0.3, -0.25) is 4.79 Å². The predicted molar refractivity (Wildman–Crippen MR) is 92.7 cm³/mol. The Morgan fingerprint density at radius 1 is 0.917 bits per heavy atom. The van der Waals surface area contributed by atoms with Gasteiger partial charge in [0.05, 0.1) is 5.56 Å². The minimum absolute atomic E-state index is 0.0455. The van der Waals surface area contributed by atoms with Gasteiger partial charge in [0.25, 0.3) is 5.91 Å². The molecule has 0 aliphatic carbocycles. The number of hydrogen-bond donors (Lipinski definition) is 1. The number of piperazine rings is 1. The molecule has 5 heteroatoms. The molecule has 24 heavy (non-hydrogen) atoms. The van der Waals surface area contributed by atoms with Gasteiger partial charge in [-0.2, -0.15) is 0 Å². The van der Waals surface area contributed by atoms with Gasteiger partial charge in [-0.1, -0.05) is 12.1 Å². The van der Waals surface area contributed by atoms with Crippen molar-refractivity contribution < 1.29 is 14.7 Å². The fourth-order valence-electron chi connectivity index (χ4n) is 2.93. The second kappa shape index (κ2) is 6.74. The molecule has 0 atom stereocenters. The Labute approximate surface area is 141 Å². The Hall–Kier alpha value is -2.82. The van der Waals surface area contributed by atoms with Crippen LogP contribution < -0.4 is 4.90 Å². The van der Waals surface area contributed by atoms with Crippen LogP contribution in [0.15, 0.2) is 48.5 Å². The monoisotopic (exact) mass is 324 g/mol. The van der Waals surface area contributed by atoms with Gasteiger partial charge < -0.3 is 14.9 Å². The summed E-state index contributed by atoms with van der Waals surface area (Å²) in [6.45, 7) is 4.98. The molecule has 0 radical (unpaired) electrons. The zero-order valence-electron chi connectivity index (χ0n) is 13.6. The van der Waals surface area contributed by atoms with Crippen molar-refractivity contribution >= 4 is 17.6 Å². The highest BCUT2D eigenvalue weighted by Gasteiger charge is 2.22. The molecule has 3 rings (SSSR count). The van der Waals surface area contributed by atoms with Crippen LogP contribution in [0.3, 0.4) is 0 Å². The van der Waals surface area contributed by atoms with Crippen molar-refractivity contribution in [2.75, 3.05) is 31.1 Å². The van der Waals surface area contributed by atoms with Gasteiger partial charge in [0.2, 0.25) is 0 Å². The standard InChI is InChI=1S/C19H20N2O3/c1-14-3-2-4-17(13-14)20-9-11-21(12-10-20)18(22)15-5-7-16(8-6-15)19(23)24/h2-8,13H,9-12H2,1H3,(H,23,24). The van der Waals surface area contributed by atoms with Crippen LogP contribution in [0.25, 0.3) is 0 Å². The smallest absolute Gasteiger partial charge is 0.335 e. The van der Waals surface area contributed by atoms with E-state index in [0.717, 1.165) is 13.1 Å². The third kappa shape index (κ3) is 3.40. The number of amides is 1. The van der Waals surface area contributed by atoms with E-state index in [1.165, 1.54) is 23.4 Å². The topological polar surface area (TPSA) is 60.9 Å². The first-order valence-electron chi connectivity index (χ1n) is 7.99. The van der Waals surface area contributed by atoms with Crippen LogP contribution in [-0.4, -0.2) is 48.1 Å². The fraction of sp³-hybridized carbons (Fsp3) is 0.263. The van der Waals surface area contributed by atoms with Crippen LogP contribution in [0, 0.1) is 6.92 Å². The summed E-state index contributed by atoms with van der Waals surface area (Å²) in [6, 6.07) is 14.5. The number of carbonyl (C=O) groups is 2. The molecular weight excluding hydrogens is 304 g/mol. The summed E-state index contributed by atoms with van der Waals surface area (Å²) in [5.41, 5.74) is 3.14. The molecule has 5 nitrogen and oxygen atoms in total. The number of benzene rings is 2. The summed E-state index contributed by atoms with van der Waals surface area (Å²) in [4.78, 5) is 27.5. The molecule has 2 aromatic carbocycles. The predicted octanol–water partition coefficient (Wildman–Crippen LogP) is 2.66. The highest BCUT2D eigenvalue weighted by molar-refractivity contribution is 5.96. The summed E-state index contributed by atoms with van der Waals surface area (Å²) in [7, 11) is 0. The number of aryl methyl sites for hydroxylation is 1. The number of aromatic carboxylic acids is 1. The highest BCUT2D eigenvalue weighted by atomic mass is 16.4. The summed E-state index contributed by atoms with van der Waals surface area (Å²) >= 11 is 0. The van der Waals surface area contributed by atoms with E-state index >= 15 is 0 Å². The van der Waals surface area contributed by atoms with E-state index in [9.17, 15) is 9.59 Å². The first-order valence-corrected chi connectivity index (χ1v) is 7.99. The number of nitrogens with zero attached hydrogens (tertiary/aromatic N) is 2. The number of carboxylic acids is 1. The van der Waals surface area contributed by atoms with E-state index in [1.807, 2.05) is 11.0 Å². The van der Waals surface area contributed by atoms with E-state index in [2.05, 4.69) is 30.0 Å². The number of hydrogen-bond acceptors (Lipinski definition) is 3. The lowest BCUT2D eigenvalue weighted by Crippen LogP contribution is -2.48. The molecule has 0 spiro atoms. The molecule has 0 saturated carbocycles. The fourth-order valence-corrected chi connectivity index (χ4v) is 2.93. The van der Waals surface area contributed by atoms with E-state index in [4.69, 9.17) is 5.11 Å². The number of carboxylic acid groups (broad SMARTS) is 1. The minimum Gasteiger partial charge on any atom is -0.478 e. The van der Waals surface area contributed by atoms with E-state index in [-0.39, 0.29) is 11.5 Å². The molecule has 1 saturated heterocycles. The number of carbonyl (C=O) groups excluding carboxylic acids is 1. The number of anilines is 1. The molecule has 1 aliphatic heterocycles. The van der Waals surface area contributed by atoms with Gasteiger partial charge >= 0.3 is 5.97 Å². The average molecular weight is 324 g/mol. The SMILES string of the molecule is Cc1cccc(N2CCN(C(=O)c3ccc(C(=O)O)cc3)CC2)c1. The Morgan fingerprint density at radius 2 is 1.54 bits per heavy atom. The van der Waals surface area contributed by atoms with Crippen molar-refractivity contribution in [3.63, 3.8) is 0 Å². The number of rotatable bonds is 3. The van der Waals surface area contributed by atoms with E-state index in [1.54, 1.807) is 12.1 Å². The Balaban J connectivity index is 1.63. The summed E-state index contributed by atoms with van der Waals surface area (Å²) in [5.74, 6) is -1.03. The quantitative estimate of drug-likeness (QED) is 0.943. The van der Waals surface area contributed by atoms with Crippen LogP contribution >= 0.6 is 0 Å². The molecule has 0 aromatic heterocycles. The van der Waals surface area contributed by atoms with Gasteiger partial charge in [-0.15, -0.1) is 0 Å². The van der Waals surface area contributed by atoms with Crippen LogP contribution in [0.5, 0.6) is 0 Å². The highest BCUT2D eigenvalue weighted by Crippen LogP contribution is 2.18. The zero-order valence-corrected chi connectivity index (χ0v) is 13.6. The van der Waals surface area contributed by atoms with Gasteiger partial charge in [0, 0.05) is 37.4 Å². The van der Waals surface area contributed by atoms with Crippen molar-refractivity contribution in [1.29, 1.82) is 0 Å². The normalized spacial score (nSPS) is 14.5. The molecule has 1 N–H and O–H groups in total. The zero-order chi connectivity index (χ0) is 17.1. The van der Waals surface area contributed by atoms with Crippen LogP contribution in [0.1, 0.15) is 26.3 Å². The Morgan fingerprint density at radius 3 is 2.12 bits per heavy atom. The second-order valence-corrected chi connectivity index (χ2v) is 6.00. The third-order valence-electron chi connectivity index (χ3n) is 4.31. The van der Waals surface area contributed by atoms with E-state index in [0.29, 0.717) is 18.7 Å². The maximum Gasteiger partial charge on any atom is 0.335 e. The van der Waals surface area contributed by atoms with Gasteiger partial charge in [0.1, 0.15) is 0 Å². The molecule has 0 unspecified atom stereocenters. The van der Waals surface area contributed by atoms with Crippen molar-refractivity contribution in [3.05, 3.63) is 65.2 Å². The van der Waals surface area contributed by atoms with Gasteiger partial charge in [0.15, 0.2) is 0 Å². The summed E-state index contributed by atoms with van der Waals surface area (Å²) in [6.07, 6.45) is 0. The maximum atomic E-state index is 12.5. The van der Waals surface area contributed by atoms with Crippen LogP contribution in [0.2, 0.25) is 0 Å². The van der Waals surface area contributed by atoms with Crippen LogP contribution in [0.4, 0.5) is 5.69 Å². The van der Waals surface area contributed by atoms with Crippen molar-refractivity contribution in [3.8, 4) is 0 Å². The molecule has 124 valence electrons. The lowest BCUT2D eigenvalue weighted by molar-refractivity contribution is 0.0693. The molecule has 2 aromatic rings. The molecule has 1 fully saturated rings. The molecular formula is C19H20N2O3. The molecule has 1 aliphatic rings. The molecule has 1 amide bonds. The van der Waals surface area contributed by atoms with E-state index < -0.39 is 5.97 Å². The van der Waals surface area contributed by atoms with Crippen molar-refractivity contribution in [2.45, 2.75) is 6.92 Å². The summed E-state index contributed by atoms with van der Waals surface area (Å²) in [5, 5.41) is 8.92. The summed E-state index contributed by atoms with van der Waals surface area (Å²) < 4.78 is 0. The lowest BCUT2D eigenvalue weighted by atomic mass is 10.1. The molecule has 1 heterocycles. The first-order chi connectivity index (χ1) is 11.5. The largest absolute Gasteiger partial charge is 0.478 e. The first kappa shape index (κ1) is 16.1. The maximum absolute atomic E-state index is 12.5. The van der Waals surface area contributed by atoms with Gasteiger partial charge in [-0.05, 0) is 48.9 Å². The Kier molecular flexibility index (Phi) is 4.51. The molecule has 0 bridgehead atoms. The van der Waals surface area contributed by atoms with Crippen molar-refractivity contribution in [2.24, 2.45) is 0 Å². The van der Waals surface area contributed by atoms with Gasteiger partial charge in [-0.25, -0.2) is 4.79 Å². The van der Waals surface area contributed by atoms with Crippen molar-refractivity contribution in [1.82, 2.24) is 4.90 Å². The minimum atomic E-state index is -0.985. The average Bonchev–Trinajstić information content (AvgIpc) is 2.61. The third-order valence-corrected chi connectivity index (χ3v) is 4.31. The Bertz CT molecular complexity index is 747.